The number of halogens is 1. The van der Waals surface area contributed by atoms with Gasteiger partial charge in [0.2, 0.25) is 0 Å². The Hall–Kier alpha value is -1.96. The zero-order valence-corrected chi connectivity index (χ0v) is 18.4. The van der Waals surface area contributed by atoms with Crippen LogP contribution in [0.2, 0.25) is 0 Å². The molecule has 0 aliphatic carbocycles. The first-order chi connectivity index (χ1) is 12.7. The molecular weight excluding hydrogens is 453 g/mol. The van der Waals surface area contributed by atoms with E-state index in [2.05, 4.69) is 40.6 Å². The summed E-state index contributed by atoms with van der Waals surface area (Å²) in [5.74, 6) is 1.88. The highest BCUT2D eigenvalue weighted by atomic mass is 127. The summed E-state index contributed by atoms with van der Waals surface area (Å²) in [5.41, 5.74) is 8.36. The molecule has 0 saturated carbocycles. The quantitative estimate of drug-likeness (QED) is 0.231. The molecule has 0 radical (unpaired) electrons. The van der Waals surface area contributed by atoms with Crippen LogP contribution < -0.4 is 20.5 Å². The van der Waals surface area contributed by atoms with E-state index in [9.17, 15) is 0 Å². The molecular formula is C21H30IN3O2. The van der Waals surface area contributed by atoms with Gasteiger partial charge in [0, 0.05) is 6.54 Å². The van der Waals surface area contributed by atoms with E-state index in [4.69, 9.17) is 15.2 Å². The highest BCUT2D eigenvalue weighted by Crippen LogP contribution is 2.27. The minimum Gasteiger partial charge on any atom is -0.493 e. The van der Waals surface area contributed by atoms with Gasteiger partial charge in [-0.25, -0.2) is 4.99 Å². The zero-order chi connectivity index (χ0) is 18.6. The Morgan fingerprint density at radius 3 is 2.37 bits per heavy atom. The molecule has 148 valence electrons. The lowest BCUT2D eigenvalue weighted by molar-refractivity contribution is 0.354. The number of aliphatic imine (C=N–C) groups is 1. The van der Waals surface area contributed by atoms with Crippen molar-refractivity contribution in [2.45, 2.75) is 32.2 Å². The van der Waals surface area contributed by atoms with Crippen molar-refractivity contribution in [1.29, 1.82) is 0 Å². The van der Waals surface area contributed by atoms with Gasteiger partial charge in [-0.2, -0.15) is 0 Å². The molecule has 2 aromatic rings. The maximum absolute atomic E-state index is 5.94. The minimum atomic E-state index is 0. The van der Waals surface area contributed by atoms with Gasteiger partial charge in [-0.15, -0.1) is 24.0 Å². The fourth-order valence-corrected chi connectivity index (χ4v) is 2.70. The van der Waals surface area contributed by atoms with E-state index in [1.807, 2.05) is 18.2 Å². The lowest BCUT2D eigenvalue weighted by Crippen LogP contribution is -2.32. The number of hydrogen-bond acceptors (Lipinski definition) is 3. The summed E-state index contributed by atoms with van der Waals surface area (Å²) in [6.07, 6.45) is 4.57. The van der Waals surface area contributed by atoms with E-state index in [0.717, 1.165) is 24.9 Å². The van der Waals surface area contributed by atoms with Gasteiger partial charge in [-0.1, -0.05) is 42.8 Å². The first-order valence-electron chi connectivity index (χ1n) is 9.01. The molecule has 0 aliphatic rings. The summed E-state index contributed by atoms with van der Waals surface area (Å²) in [5, 5.41) is 3.17. The van der Waals surface area contributed by atoms with Crippen LogP contribution in [0.15, 0.2) is 53.5 Å². The number of hydrogen-bond donors (Lipinski definition) is 2. The summed E-state index contributed by atoms with van der Waals surface area (Å²) in [7, 11) is 3.25. The number of nitrogens with zero attached hydrogens (tertiary/aromatic N) is 1. The number of rotatable bonds is 10. The summed E-state index contributed by atoms with van der Waals surface area (Å²) in [6.45, 7) is 1.35. The van der Waals surface area contributed by atoms with Gasteiger partial charge >= 0.3 is 0 Å². The van der Waals surface area contributed by atoms with Gasteiger partial charge in [0.05, 0.1) is 20.8 Å². The Morgan fingerprint density at radius 1 is 0.926 bits per heavy atom. The van der Waals surface area contributed by atoms with E-state index in [0.29, 0.717) is 24.0 Å². The second kappa shape index (κ2) is 13.2. The Kier molecular flexibility index (Phi) is 11.3. The summed E-state index contributed by atoms with van der Waals surface area (Å²) in [6, 6.07) is 16.3. The third kappa shape index (κ3) is 8.51. The third-order valence-corrected chi connectivity index (χ3v) is 4.17. The van der Waals surface area contributed by atoms with Crippen molar-refractivity contribution >= 4 is 29.9 Å². The molecule has 0 aromatic heterocycles. The average Bonchev–Trinajstić information content (AvgIpc) is 2.69. The highest BCUT2D eigenvalue weighted by Gasteiger charge is 2.04. The second-order valence-corrected chi connectivity index (χ2v) is 6.11. The largest absolute Gasteiger partial charge is 0.493 e. The maximum Gasteiger partial charge on any atom is 0.188 e. The van der Waals surface area contributed by atoms with E-state index in [1.54, 1.807) is 14.2 Å². The Morgan fingerprint density at radius 2 is 1.67 bits per heavy atom. The van der Waals surface area contributed by atoms with Crippen LogP contribution in [0.1, 0.15) is 30.4 Å². The van der Waals surface area contributed by atoms with Gasteiger partial charge in [0.1, 0.15) is 0 Å². The van der Waals surface area contributed by atoms with Gasteiger partial charge in [-0.05, 0) is 42.5 Å². The lowest BCUT2D eigenvalue weighted by Gasteiger charge is -2.09. The Balaban J connectivity index is 0.00000364. The zero-order valence-electron chi connectivity index (χ0n) is 16.1. The number of benzene rings is 2. The van der Waals surface area contributed by atoms with Crippen LogP contribution in [0.4, 0.5) is 0 Å². The molecule has 0 heterocycles. The third-order valence-electron chi connectivity index (χ3n) is 4.17. The molecule has 6 heteroatoms. The van der Waals surface area contributed by atoms with Crippen LogP contribution in [-0.2, 0) is 13.0 Å². The molecule has 0 aliphatic heterocycles. The second-order valence-electron chi connectivity index (χ2n) is 6.11. The lowest BCUT2D eigenvalue weighted by atomic mass is 10.1. The molecule has 0 amide bonds. The van der Waals surface area contributed by atoms with Crippen molar-refractivity contribution in [3.63, 3.8) is 0 Å². The number of guanidine groups is 1. The molecule has 0 atom stereocenters. The molecule has 0 bridgehead atoms. The van der Waals surface area contributed by atoms with E-state index in [1.165, 1.54) is 18.4 Å². The summed E-state index contributed by atoms with van der Waals surface area (Å²) in [4.78, 5) is 4.38. The number of ether oxygens (including phenoxy) is 2. The van der Waals surface area contributed by atoms with Crippen LogP contribution in [0.5, 0.6) is 11.5 Å². The monoisotopic (exact) mass is 483 g/mol. The van der Waals surface area contributed by atoms with Gasteiger partial charge < -0.3 is 20.5 Å². The van der Waals surface area contributed by atoms with E-state index < -0.39 is 0 Å². The Bertz CT molecular complexity index is 693. The maximum atomic E-state index is 5.94. The van der Waals surface area contributed by atoms with Crippen molar-refractivity contribution < 1.29 is 9.47 Å². The summed E-state index contributed by atoms with van der Waals surface area (Å²) >= 11 is 0. The van der Waals surface area contributed by atoms with Crippen molar-refractivity contribution in [3.05, 3.63) is 59.7 Å². The number of aryl methyl sites for hydroxylation is 1. The fraction of sp³-hybridized carbons (Fsp3) is 0.381. The van der Waals surface area contributed by atoms with E-state index in [-0.39, 0.29) is 24.0 Å². The first kappa shape index (κ1) is 23.1. The van der Waals surface area contributed by atoms with Crippen LogP contribution in [0.25, 0.3) is 0 Å². The smallest absolute Gasteiger partial charge is 0.188 e. The van der Waals surface area contributed by atoms with Crippen molar-refractivity contribution in [1.82, 2.24) is 5.32 Å². The molecule has 5 nitrogen and oxygen atoms in total. The predicted molar refractivity (Wildman–Crippen MR) is 122 cm³/mol. The van der Waals surface area contributed by atoms with Gasteiger partial charge in [-0.3, -0.25) is 0 Å². The standard InChI is InChI=1S/C21H29N3O2.HI/c1-25-19-13-12-18(15-20(19)26-2)16-24-21(22)23-14-8-4-7-11-17-9-5-3-6-10-17;/h3,5-6,9-10,12-13,15H,4,7-8,11,14,16H2,1-2H3,(H3,22,23,24);1H. The molecule has 0 unspecified atom stereocenters. The molecule has 2 aromatic carbocycles. The molecule has 0 spiro atoms. The van der Waals surface area contributed by atoms with Crippen molar-refractivity contribution in [2.24, 2.45) is 10.7 Å². The Labute approximate surface area is 179 Å². The first-order valence-corrected chi connectivity index (χ1v) is 9.01. The number of nitrogens with one attached hydrogen (secondary N) is 1. The van der Waals surface area contributed by atoms with Crippen LogP contribution in [0, 0.1) is 0 Å². The van der Waals surface area contributed by atoms with E-state index >= 15 is 0 Å². The number of nitrogens with two attached hydrogens (primary N) is 1. The van der Waals surface area contributed by atoms with Crippen LogP contribution in [0.3, 0.4) is 0 Å². The van der Waals surface area contributed by atoms with Crippen LogP contribution >= 0.6 is 24.0 Å². The van der Waals surface area contributed by atoms with Crippen molar-refractivity contribution in [3.8, 4) is 11.5 Å². The predicted octanol–water partition coefficient (Wildman–Crippen LogP) is 4.14. The molecule has 3 N–H and O–H groups in total. The van der Waals surface area contributed by atoms with Crippen LogP contribution in [-0.4, -0.2) is 26.7 Å². The normalized spacial score (nSPS) is 10.8. The number of unbranched alkanes of at least 4 members (excludes halogenated alkanes) is 2. The summed E-state index contributed by atoms with van der Waals surface area (Å²) < 4.78 is 10.5. The minimum absolute atomic E-state index is 0. The number of methoxy groups -OCH3 is 2. The van der Waals surface area contributed by atoms with Gasteiger partial charge in [0.25, 0.3) is 0 Å². The SMILES string of the molecule is COc1ccc(CN=C(N)NCCCCCc2ccccc2)cc1OC.I. The fourth-order valence-electron chi connectivity index (χ4n) is 2.70. The van der Waals surface area contributed by atoms with Gasteiger partial charge in [0.15, 0.2) is 17.5 Å². The van der Waals surface area contributed by atoms with Crippen molar-refractivity contribution in [2.75, 3.05) is 20.8 Å². The highest BCUT2D eigenvalue weighted by molar-refractivity contribution is 14.0. The molecule has 0 saturated heterocycles. The molecule has 27 heavy (non-hydrogen) atoms. The average molecular weight is 483 g/mol. The topological polar surface area (TPSA) is 68.9 Å². The molecule has 2 rings (SSSR count). The molecule has 0 fully saturated rings.